The standard InChI is InChI=1S/C9H8BrF2N3O/c10-6-1-2-7(9(16,3-11)4-12)15-8(6)13-5-14-15/h1-2,5,16H,3-4H2. The Bertz CT molecular complexity index is 512. The quantitative estimate of drug-likeness (QED) is 0.935. The molecule has 16 heavy (non-hydrogen) atoms. The lowest BCUT2D eigenvalue weighted by atomic mass is 10.0. The highest BCUT2D eigenvalue weighted by Gasteiger charge is 2.33. The first kappa shape index (κ1) is 11.4. The Morgan fingerprint density at radius 1 is 1.38 bits per heavy atom. The molecule has 2 aromatic heterocycles. The van der Waals surface area contributed by atoms with Crippen LogP contribution in [-0.2, 0) is 5.60 Å². The topological polar surface area (TPSA) is 50.4 Å². The predicted molar refractivity (Wildman–Crippen MR) is 56.5 cm³/mol. The highest BCUT2D eigenvalue weighted by Crippen LogP contribution is 2.26. The minimum Gasteiger partial charge on any atom is -0.378 e. The summed E-state index contributed by atoms with van der Waals surface area (Å²) in [6.07, 6.45) is 1.25. The number of hydrogen-bond acceptors (Lipinski definition) is 3. The van der Waals surface area contributed by atoms with E-state index in [2.05, 4.69) is 26.0 Å². The Kier molecular flexibility index (Phi) is 2.90. The molecule has 0 spiro atoms. The molecule has 0 amide bonds. The van der Waals surface area contributed by atoms with E-state index in [0.717, 1.165) is 0 Å². The summed E-state index contributed by atoms with van der Waals surface area (Å²) in [6, 6.07) is 2.97. The zero-order valence-corrected chi connectivity index (χ0v) is 9.66. The summed E-state index contributed by atoms with van der Waals surface area (Å²) in [5.74, 6) is 0. The molecule has 0 radical (unpaired) electrons. The Hall–Kier alpha value is -1.08. The van der Waals surface area contributed by atoms with Crippen LogP contribution in [0.1, 0.15) is 5.69 Å². The Balaban J connectivity index is 2.69. The van der Waals surface area contributed by atoms with Gasteiger partial charge in [-0.05, 0) is 28.1 Å². The maximum Gasteiger partial charge on any atom is 0.169 e. The zero-order valence-electron chi connectivity index (χ0n) is 8.07. The Morgan fingerprint density at radius 2 is 2.06 bits per heavy atom. The van der Waals surface area contributed by atoms with Gasteiger partial charge in [-0.15, -0.1) is 0 Å². The van der Waals surface area contributed by atoms with Crippen molar-refractivity contribution in [1.82, 2.24) is 14.6 Å². The average Bonchev–Trinajstić information content (AvgIpc) is 2.78. The molecule has 86 valence electrons. The van der Waals surface area contributed by atoms with Gasteiger partial charge in [0.2, 0.25) is 0 Å². The largest absolute Gasteiger partial charge is 0.378 e. The Labute approximate surface area is 98.0 Å². The second-order valence-corrected chi connectivity index (χ2v) is 4.22. The first-order chi connectivity index (χ1) is 7.62. The number of alkyl halides is 2. The minimum atomic E-state index is -2.17. The maximum absolute atomic E-state index is 12.7. The molecular weight excluding hydrogens is 284 g/mol. The van der Waals surface area contributed by atoms with Crippen LogP contribution in [0.4, 0.5) is 8.78 Å². The summed E-state index contributed by atoms with van der Waals surface area (Å²) >= 11 is 3.23. The van der Waals surface area contributed by atoms with Gasteiger partial charge in [-0.3, -0.25) is 0 Å². The van der Waals surface area contributed by atoms with Gasteiger partial charge >= 0.3 is 0 Å². The minimum absolute atomic E-state index is 0.0354. The van der Waals surface area contributed by atoms with E-state index in [4.69, 9.17) is 0 Å². The van der Waals surface area contributed by atoms with Crippen LogP contribution in [0.2, 0.25) is 0 Å². The molecule has 0 bridgehead atoms. The van der Waals surface area contributed by atoms with Crippen LogP contribution >= 0.6 is 15.9 Å². The fourth-order valence-electron chi connectivity index (χ4n) is 1.40. The van der Waals surface area contributed by atoms with Gasteiger partial charge in [0.05, 0.1) is 10.2 Å². The average molecular weight is 292 g/mol. The SMILES string of the molecule is OC(CF)(CF)c1ccc(Br)c2ncnn12. The number of hydrogen-bond donors (Lipinski definition) is 1. The van der Waals surface area contributed by atoms with Crippen LogP contribution in [0.15, 0.2) is 22.9 Å². The number of nitrogens with zero attached hydrogens (tertiary/aromatic N) is 3. The molecule has 0 aromatic carbocycles. The van der Waals surface area contributed by atoms with E-state index in [0.29, 0.717) is 10.1 Å². The van der Waals surface area contributed by atoms with Crippen molar-refractivity contribution >= 4 is 21.6 Å². The van der Waals surface area contributed by atoms with E-state index in [9.17, 15) is 13.9 Å². The van der Waals surface area contributed by atoms with Crippen molar-refractivity contribution < 1.29 is 13.9 Å². The number of rotatable bonds is 3. The maximum atomic E-state index is 12.7. The molecule has 0 fully saturated rings. The van der Waals surface area contributed by atoms with Gasteiger partial charge in [0, 0.05) is 0 Å². The van der Waals surface area contributed by atoms with E-state index in [1.54, 1.807) is 6.07 Å². The molecule has 0 unspecified atom stereocenters. The molecule has 7 heteroatoms. The van der Waals surface area contributed by atoms with Crippen LogP contribution < -0.4 is 0 Å². The summed E-state index contributed by atoms with van der Waals surface area (Å²) in [6.45, 7) is -2.44. The van der Waals surface area contributed by atoms with Crippen molar-refractivity contribution in [2.24, 2.45) is 0 Å². The van der Waals surface area contributed by atoms with E-state index in [1.165, 1.54) is 16.9 Å². The number of halogens is 3. The molecule has 0 saturated heterocycles. The molecule has 0 aliphatic heterocycles. The van der Waals surface area contributed by atoms with Crippen LogP contribution in [0, 0.1) is 0 Å². The van der Waals surface area contributed by atoms with Crippen molar-refractivity contribution in [2.45, 2.75) is 5.60 Å². The number of aliphatic hydroxyl groups is 1. The van der Waals surface area contributed by atoms with Gasteiger partial charge < -0.3 is 5.11 Å². The summed E-state index contributed by atoms with van der Waals surface area (Å²) < 4.78 is 27.2. The van der Waals surface area contributed by atoms with E-state index in [1.807, 2.05) is 0 Å². The van der Waals surface area contributed by atoms with E-state index >= 15 is 0 Å². The molecule has 0 atom stereocenters. The fourth-order valence-corrected chi connectivity index (χ4v) is 1.81. The van der Waals surface area contributed by atoms with Crippen LogP contribution in [0.5, 0.6) is 0 Å². The molecule has 2 rings (SSSR count). The third-order valence-corrected chi connectivity index (χ3v) is 2.91. The second-order valence-electron chi connectivity index (χ2n) is 3.36. The van der Waals surface area contributed by atoms with E-state index in [-0.39, 0.29) is 5.69 Å². The summed E-state index contributed by atoms with van der Waals surface area (Å²) in [4.78, 5) is 3.91. The fraction of sp³-hybridized carbons (Fsp3) is 0.333. The van der Waals surface area contributed by atoms with Crippen LogP contribution in [-0.4, -0.2) is 33.1 Å². The van der Waals surface area contributed by atoms with Crippen LogP contribution in [0.3, 0.4) is 0 Å². The molecule has 0 saturated carbocycles. The normalized spacial score (nSPS) is 12.2. The first-order valence-electron chi connectivity index (χ1n) is 4.45. The lowest BCUT2D eigenvalue weighted by Gasteiger charge is -2.21. The van der Waals surface area contributed by atoms with Gasteiger partial charge in [-0.2, -0.15) is 5.10 Å². The third kappa shape index (κ3) is 1.60. The molecule has 0 aliphatic rings. The lowest BCUT2D eigenvalue weighted by Crippen LogP contribution is -2.33. The monoisotopic (exact) mass is 291 g/mol. The van der Waals surface area contributed by atoms with Gasteiger partial charge in [-0.1, -0.05) is 0 Å². The molecule has 0 aliphatic carbocycles. The summed E-state index contributed by atoms with van der Waals surface area (Å²) in [5.41, 5.74) is -1.74. The van der Waals surface area contributed by atoms with Crippen LogP contribution in [0.25, 0.3) is 5.65 Å². The number of pyridine rings is 1. The van der Waals surface area contributed by atoms with Crippen molar-refractivity contribution in [3.63, 3.8) is 0 Å². The van der Waals surface area contributed by atoms with Crippen molar-refractivity contribution in [1.29, 1.82) is 0 Å². The van der Waals surface area contributed by atoms with Gasteiger partial charge in [0.1, 0.15) is 19.7 Å². The summed E-state index contributed by atoms with van der Waals surface area (Å²) in [7, 11) is 0. The van der Waals surface area contributed by atoms with Crippen molar-refractivity contribution in [3.05, 3.63) is 28.6 Å². The molecule has 2 aromatic rings. The number of aromatic nitrogens is 3. The highest BCUT2D eigenvalue weighted by atomic mass is 79.9. The van der Waals surface area contributed by atoms with Gasteiger partial charge in [-0.25, -0.2) is 18.3 Å². The van der Waals surface area contributed by atoms with E-state index < -0.39 is 19.0 Å². The molecule has 4 nitrogen and oxygen atoms in total. The van der Waals surface area contributed by atoms with Gasteiger partial charge in [0.25, 0.3) is 0 Å². The zero-order chi connectivity index (χ0) is 11.8. The Morgan fingerprint density at radius 3 is 2.69 bits per heavy atom. The third-order valence-electron chi connectivity index (χ3n) is 2.30. The highest BCUT2D eigenvalue weighted by molar-refractivity contribution is 9.10. The second kappa shape index (κ2) is 4.06. The molecule has 1 N–H and O–H groups in total. The lowest BCUT2D eigenvalue weighted by molar-refractivity contribution is -0.0165. The summed E-state index contributed by atoms with van der Waals surface area (Å²) in [5, 5.41) is 13.6. The predicted octanol–water partition coefficient (Wildman–Crippen LogP) is 1.62. The van der Waals surface area contributed by atoms with Crippen molar-refractivity contribution in [2.75, 3.05) is 13.3 Å². The van der Waals surface area contributed by atoms with Gasteiger partial charge in [0.15, 0.2) is 11.2 Å². The molecule has 2 heterocycles. The van der Waals surface area contributed by atoms with Crippen molar-refractivity contribution in [3.8, 4) is 0 Å². The number of fused-ring (bicyclic) bond motifs is 1. The first-order valence-corrected chi connectivity index (χ1v) is 5.25. The smallest absolute Gasteiger partial charge is 0.169 e. The molecular formula is C9H8BrF2N3O.